The first-order valence-corrected chi connectivity index (χ1v) is 14.8. The fourth-order valence-electron chi connectivity index (χ4n) is 4.72. The molecule has 0 radical (unpaired) electrons. The van der Waals surface area contributed by atoms with Crippen molar-refractivity contribution in [3.05, 3.63) is 29.5 Å². The van der Waals surface area contributed by atoms with Crippen molar-refractivity contribution in [2.24, 2.45) is 11.3 Å². The zero-order chi connectivity index (χ0) is 21.1. The van der Waals surface area contributed by atoms with Crippen LogP contribution in [-0.4, -0.2) is 41.5 Å². The zero-order valence-corrected chi connectivity index (χ0v) is 19.8. The molecule has 3 aromatic rings. The van der Waals surface area contributed by atoms with Gasteiger partial charge >= 0.3 is 0 Å². The Labute approximate surface area is 179 Å². The van der Waals surface area contributed by atoms with Gasteiger partial charge in [0.2, 0.25) is 0 Å². The van der Waals surface area contributed by atoms with Gasteiger partial charge in [-0.15, -0.1) is 0 Å². The van der Waals surface area contributed by atoms with E-state index in [9.17, 15) is 0 Å². The monoisotopic (exact) mass is 423 g/mol. The summed E-state index contributed by atoms with van der Waals surface area (Å²) >= 11 is 0. The normalized spacial score (nSPS) is 22.8. The number of rotatable bonds is 7. The van der Waals surface area contributed by atoms with E-state index in [1.165, 1.54) is 23.7 Å². The summed E-state index contributed by atoms with van der Waals surface area (Å²) in [7, 11) is 0.846. The average Bonchev–Trinajstić information content (AvgIpc) is 3.02. The molecule has 6 nitrogen and oxygen atoms in total. The third kappa shape index (κ3) is 3.58. The van der Waals surface area contributed by atoms with Crippen molar-refractivity contribution in [1.82, 2.24) is 19.7 Å². The third-order valence-electron chi connectivity index (χ3n) is 6.93. The second-order valence-electron chi connectivity index (χ2n) is 10.6. The van der Waals surface area contributed by atoms with Gasteiger partial charge in [0.25, 0.3) is 0 Å². The number of nitrogens with zero attached hydrogens (tertiary/aromatic N) is 3. The molecule has 30 heavy (non-hydrogen) atoms. The van der Waals surface area contributed by atoms with Crippen LogP contribution in [0.2, 0.25) is 25.7 Å². The van der Waals surface area contributed by atoms with E-state index >= 15 is 0 Å². The molecular formula is C23H33N5OSi. The van der Waals surface area contributed by atoms with Gasteiger partial charge in [0.15, 0.2) is 5.82 Å². The largest absolute Gasteiger partial charge is 0.388 e. The van der Waals surface area contributed by atoms with Crippen molar-refractivity contribution in [3.63, 3.8) is 0 Å². The molecule has 7 heteroatoms. The highest BCUT2D eigenvalue weighted by atomic mass is 28.3. The van der Waals surface area contributed by atoms with Crippen molar-refractivity contribution in [1.29, 1.82) is 0 Å². The number of fused-ring (bicyclic) bond motifs is 3. The van der Waals surface area contributed by atoms with E-state index in [4.69, 9.17) is 14.8 Å². The molecule has 2 aliphatic carbocycles. The fraction of sp³-hybridized carbons (Fsp3) is 0.565. The van der Waals surface area contributed by atoms with Crippen LogP contribution in [0.3, 0.4) is 0 Å². The maximum Gasteiger partial charge on any atom is 0.159 e. The summed E-state index contributed by atoms with van der Waals surface area (Å²) in [6, 6.07) is 7.40. The third-order valence-corrected chi connectivity index (χ3v) is 8.64. The lowest BCUT2D eigenvalue weighted by Gasteiger charge is -2.20. The Hall–Kier alpha value is -2.12. The molecule has 5 rings (SSSR count). The van der Waals surface area contributed by atoms with E-state index in [0.29, 0.717) is 12.1 Å². The molecule has 1 saturated carbocycles. The fourth-order valence-corrected chi connectivity index (χ4v) is 5.47. The van der Waals surface area contributed by atoms with Gasteiger partial charge in [-0.1, -0.05) is 26.6 Å². The van der Waals surface area contributed by atoms with E-state index in [2.05, 4.69) is 59.7 Å². The summed E-state index contributed by atoms with van der Waals surface area (Å²) in [4.78, 5) is 8.38. The highest BCUT2D eigenvalue weighted by Gasteiger charge is 2.54. The topological polar surface area (TPSA) is 67.8 Å². The molecule has 0 bridgehead atoms. The van der Waals surface area contributed by atoms with Crippen LogP contribution in [0.5, 0.6) is 0 Å². The summed E-state index contributed by atoms with van der Waals surface area (Å²) in [6.07, 6.45) is 3.53. The lowest BCUT2D eigenvalue weighted by Crippen LogP contribution is -2.23. The van der Waals surface area contributed by atoms with Crippen LogP contribution in [0.4, 0.5) is 5.69 Å². The van der Waals surface area contributed by atoms with Crippen molar-refractivity contribution in [2.45, 2.75) is 58.6 Å². The summed E-state index contributed by atoms with van der Waals surface area (Å²) < 4.78 is 8.19. The predicted molar refractivity (Wildman–Crippen MR) is 125 cm³/mol. The first-order valence-electron chi connectivity index (χ1n) is 11.1. The number of nitrogens with one attached hydrogen (secondary N) is 2. The summed E-state index contributed by atoms with van der Waals surface area (Å²) in [6.45, 7) is 10.9. The summed E-state index contributed by atoms with van der Waals surface area (Å²) in [5.41, 5.74) is 7.28. The van der Waals surface area contributed by atoms with Crippen LogP contribution in [0.1, 0.15) is 24.6 Å². The molecule has 0 unspecified atom stereocenters. The van der Waals surface area contributed by atoms with Gasteiger partial charge in [-0.3, -0.25) is 0 Å². The van der Waals surface area contributed by atoms with Crippen molar-refractivity contribution in [2.75, 3.05) is 19.0 Å². The molecule has 0 spiro atoms. The molecule has 1 aromatic carbocycles. The lowest BCUT2D eigenvalue weighted by molar-refractivity contribution is 0.0757. The van der Waals surface area contributed by atoms with E-state index in [1.54, 1.807) is 0 Å². The van der Waals surface area contributed by atoms with Gasteiger partial charge in [-0.25, -0.2) is 9.67 Å². The smallest absolute Gasteiger partial charge is 0.159 e. The molecule has 0 amide bonds. The van der Waals surface area contributed by atoms with Crippen LogP contribution in [0.25, 0.3) is 22.6 Å². The van der Waals surface area contributed by atoms with Gasteiger partial charge < -0.3 is 15.0 Å². The van der Waals surface area contributed by atoms with Crippen molar-refractivity contribution in [3.8, 4) is 11.5 Å². The standard InChI is InChI=1S/C23H33N5OSi/c1-23-12-15(23)10-17-20(13-23)28(14-29-8-9-30(3,4)5)27-21(17)22-25-18-7-6-16(24-2)11-19(18)26-22/h6-7,11,15,24H,8-10,12-14H2,1-5H3,(H,25,26)/t15-,23-/m1/s1. The van der Waals surface area contributed by atoms with E-state index in [-0.39, 0.29) is 0 Å². The second-order valence-corrected chi connectivity index (χ2v) is 16.2. The molecule has 2 N–H and O–H groups in total. The SMILES string of the molecule is CNc1ccc2nc(-c3nn(COCC[Si](C)(C)C)c4c3C[C@@H]3C[C@]3(C)C4)[nH]c2c1. The predicted octanol–water partition coefficient (Wildman–Crippen LogP) is 4.91. The number of aromatic amines is 1. The molecule has 1 fully saturated rings. The van der Waals surface area contributed by atoms with Crippen LogP contribution in [0, 0.1) is 11.3 Å². The number of H-pyrrole nitrogens is 1. The molecular weight excluding hydrogens is 390 g/mol. The van der Waals surface area contributed by atoms with E-state index < -0.39 is 8.07 Å². The molecule has 0 saturated heterocycles. The van der Waals surface area contributed by atoms with E-state index in [0.717, 1.165) is 53.6 Å². The summed E-state index contributed by atoms with van der Waals surface area (Å²) in [5, 5.41) is 8.21. The highest BCUT2D eigenvalue weighted by molar-refractivity contribution is 6.76. The first kappa shape index (κ1) is 19.8. The number of benzene rings is 1. The minimum Gasteiger partial charge on any atom is -0.388 e. The Bertz CT molecular complexity index is 1100. The van der Waals surface area contributed by atoms with Crippen LogP contribution in [-0.2, 0) is 24.3 Å². The summed E-state index contributed by atoms with van der Waals surface area (Å²) in [5.74, 6) is 1.66. The number of ether oxygens (including phenoxy) is 1. The quantitative estimate of drug-likeness (QED) is 0.419. The van der Waals surface area contributed by atoms with Crippen LogP contribution in [0.15, 0.2) is 18.2 Å². The maximum atomic E-state index is 6.08. The van der Waals surface area contributed by atoms with Crippen molar-refractivity contribution >= 4 is 24.8 Å². The molecule has 2 aromatic heterocycles. The molecule has 0 aliphatic heterocycles. The minimum absolute atomic E-state index is 0.454. The van der Waals surface area contributed by atoms with E-state index in [1.807, 2.05) is 7.05 Å². The minimum atomic E-state index is -1.09. The Morgan fingerprint density at radius 3 is 2.93 bits per heavy atom. The zero-order valence-electron chi connectivity index (χ0n) is 18.8. The highest BCUT2D eigenvalue weighted by Crippen LogP contribution is 2.59. The Morgan fingerprint density at radius 2 is 2.17 bits per heavy atom. The molecule has 2 atom stereocenters. The second kappa shape index (κ2) is 6.95. The van der Waals surface area contributed by atoms with Gasteiger partial charge in [-0.2, -0.15) is 5.10 Å². The maximum absolute atomic E-state index is 6.08. The van der Waals surface area contributed by atoms with Crippen molar-refractivity contribution < 1.29 is 4.74 Å². The van der Waals surface area contributed by atoms with Gasteiger partial charge in [0.05, 0.1) is 11.0 Å². The Kier molecular flexibility index (Phi) is 4.59. The van der Waals surface area contributed by atoms with Gasteiger partial charge in [-0.05, 0) is 54.8 Å². The Morgan fingerprint density at radius 1 is 1.33 bits per heavy atom. The number of hydrogen-bond acceptors (Lipinski definition) is 4. The van der Waals surface area contributed by atoms with Gasteiger partial charge in [0.1, 0.15) is 12.4 Å². The van der Waals surface area contributed by atoms with Crippen LogP contribution < -0.4 is 5.32 Å². The average molecular weight is 424 g/mol. The first-order chi connectivity index (χ1) is 14.3. The van der Waals surface area contributed by atoms with Crippen LogP contribution >= 0.6 is 0 Å². The number of imidazole rings is 1. The van der Waals surface area contributed by atoms with Gasteiger partial charge in [0, 0.05) is 38.7 Å². The molecule has 2 aliphatic rings. The number of anilines is 1. The lowest BCUT2D eigenvalue weighted by atomic mass is 9.87. The Balaban J connectivity index is 1.47. The number of aromatic nitrogens is 4. The number of hydrogen-bond donors (Lipinski definition) is 2. The molecule has 2 heterocycles. The molecule has 160 valence electrons.